The van der Waals surface area contributed by atoms with Gasteiger partial charge in [-0.2, -0.15) is 0 Å². The molecule has 1 atom stereocenters. The van der Waals surface area contributed by atoms with Crippen molar-refractivity contribution in [1.29, 1.82) is 0 Å². The summed E-state index contributed by atoms with van der Waals surface area (Å²) >= 11 is 0. The quantitative estimate of drug-likeness (QED) is 0.672. The first-order chi connectivity index (χ1) is 8.31. The van der Waals surface area contributed by atoms with Crippen molar-refractivity contribution < 1.29 is 19.1 Å². The lowest BCUT2D eigenvalue weighted by Crippen LogP contribution is -2.62. The van der Waals surface area contributed by atoms with Gasteiger partial charge in [0.15, 0.2) is 0 Å². The van der Waals surface area contributed by atoms with Crippen molar-refractivity contribution in [1.82, 2.24) is 4.90 Å². The maximum absolute atomic E-state index is 12.2. The second-order valence-electron chi connectivity index (χ2n) is 6.15. The molecule has 0 aromatic carbocycles. The Morgan fingerprint density at radius 2 is 1.78 bits per heavy atom. The second-order valence-corrected chi connectivity index (χ2v) is 6.15. The minimum absolute atomic E-state index is 0.141. The van der Waals surface area contributed by atoms with Crippen LogP contribution in [0.2, 0.25) is 0 Å². The zero-order chi connectivity index (χ0) is 13.5. The molecule has 2 saturated heterocycles. The van der Waals surface area contributed by atoms with Crippen molar-refractivity contribution in [2.45, 2.75) is 57.7 Å². The normalized spacial score (nSPS) is 30.4. The SMILES string of the molecule is COC(=O)C1CC2CC(C2)N1C(=O)OC(C)(C)C. The Labute approximate surface area is 107 Å². The number of ether oxygens (including phenoxy) is 2. The van der Waals surface area contributed by atoms with Crippen molar-refractivity contribution in [2.75, 3.05) is 7.11 Å². The molecule has 0 spiro atoms. The van der Waals surface area contributed by atoms with Gasteiger partial charge in [0.25, 0.3) is 0 Å². The molecule has 0 N–H and O–H groups in total. The fraction of sp³-hybridized carbons (Fsp3) is 0.846. The highest BCUT2D eigenvalue weighted by Gasteiger charge is 2.50. The molecule has 5 nitrogen and oxygen atoms in total. The molecule has 0 radical (unpaired) electrons. The lowest BCUT2D eigenvalue weighted by molar-refractivity contribution is -0.155. The molecule has 0 aromatic rings. The molecule has 0 aromatic heterocycles. The van der Waals surface area contributed by atoms with E-state index in [0.717, 1.165) is 12.8 Å². The van der Waals surface area contributed by atoms with E-state index in [0.29, 0.717) is 12.3 Å². The van der Waals surface area contributed by atoms with Crippen molar-refractivity contribution in [3.05, 3.63) is 0 Å². The van der Waals surface area contributed by atoms with Crippen molar-refractivity contribution >= 4 is 12.1 Å². The summed E-state index contributed by atoms with van der Waals surface area (Å²) in [5.74, 6) is 0.216. The Balaban J connectivity index is 2.11. The van der Waals surface area contributed by atoms with Crippen LogP contribution in [0, 0.1) is 5.92 Å². The number of fused-ring (bicyclic) bond motifs is 2. The average Bonchev–Trinajstić information content (AvgIpc) is 2.23. The highest BCUT2D eigenvalue weighted by molar-refractivity contribution is 5.82. The Bertz CT molecular complexity index is 354. The highest BCUT2D eigenvalue weighted by atomic mass is 16.6. The molecular formula is C13H21NO4. The first kappa shape index (κ1) is 13.2. The number of piperidine rings is 2. The maximum Gasteiger partial charge on any atom is 0.411 e. The molecule has 2 heterocycles. The Morgan fingerprint density at radius 1 is 1.17 bits per heavy atom. The summed E-state index contributed by atoms with van der Waals surface area (Å²) in [5.41, 5.74) is -0.543. The van der Waals surface area contributed by atoms with Gasteiger partial charge in [-0.25, -0.2) is 9.59 Å². The van der Waals surface area contributed by atoms with Gasteiger partial charge in [-0.3, -0.25) is 4.90 Å². The van der Waals surface area contributed by atoms with E-state index in [1.165, 1.54) is 7.11 Å². The number of hydrogen-bond acceptors (Lipinski definition) is 4. The van der Waals surface area contributed by atoms with Crippen LogP contribution < -0.4 is 0 Å². The van der Waals surface area contributed by atoms with E-state index >= 15 is 0 Å². The number of amides is 1. The minimum atomic E-state index is -0.543. The molecule has 2 aliphatic heterocycles. The van der Waals surface area contributed by atoms with Gasteiger partial charge in [0.2, 0.25) is 0 Å². The van der Waals surface area contributed by atoms with E-state index in [1.54, 1.807) is 4.90 Å². The van der Waals surface area contributed by atoms with Crippen LogP contribution in [0.1, 0.15) is 40.0 Å². The molecule has 1 aliphatic carbocycles. The van der Waals surface area contributed by atoms with Crippen LogP contribution >= 0.6 is 0 Å². The third kappa shape index (κ3) is 2.44. The molecule has 1 amide bonds. The number of methoxy groups -OCH3 is 1. The summed E-state index contributed by atoms with van der Waals surface area (Å²) in [4.78, 5) is 25.5. The van der Waals surface area contributed by atoms with Gasteiger partial charge in [-0.1, -0.05) is 0 Å². The zero-order valence-electron chi connectivity index (χ0n) is 11.4. The number of carbonyl (C=O) groups excluding carboxylic acids is 2. The fourth-order valence-corrected chi connectivity index (χ4v) is 2.74. The van der Waals surface area contributed by atoms with Crippen LogP contribution in [0.25, 0.3) is 0 Å². The molecule has 18 heavy (non-hydrogen) atoms. The van der Waals surface area contributed by atoms with Gasteiger partial charge in [-0.15, -0.1) is 0 Å². The first-order valence-corrected chi connectivity index (χ1v) is 6.41. The second kappa shape index (κ2) is 4.44. The lowest BCUT2D eigenvalue weighted by Gasteiger charge is -2.52. The topological polar surface area (TPSA) is 55.8 Å². The third-order valence-electron chi connectivity index (χ3n) is 3.57. The van der Waals surface area contributed by atoms with E-state index in [4.69, 9.17) is 9.47 Å². The minimum Gasteiger partial charge on any atom is -0.467 e. The summed E-state index contributed by atoms with van der Waals surface area (Å²) in [5, 5.41) is 0. The maximum atomic E-state index is 12.2. The Morgan fingerprint density at radius 3 is 2.28 bits per heavy atom. The molecule has 102 valence electrons. The van der Waals surface area contributed by atoms with E-state index in [9.17, 15) is 9.59 Å². The van der Waals surface area contributed by atoms with E-state index < -0.39 is 17.7 Å². The fourth-order valence-electron chi connectivity index (χ4n) is 2.74. The van der Waals surface area contributed by atoms with Crippen molar-refractivity contribution in [3.8, 4) is 0 Å². The van der Waals surface area contributed by atoms with Crippen LogP contribution in [-0.2, 0) is 14.3 Å². The molecule has 3 aliphatic rings. The summed E-state index contributed by atoms with van der Waals surface area (Å²) in [6, 6.07) is -0.329. The predicted octanol–water partition coefficient (Wildman–Crippen LogP) is 1.95. The Hall–Kier alpha value is -1.26. The molecule has 2 bridgehead atoms. The third-order valence-corrected chi connectivity index (χ3v) is 3.57. The number of nitrogens with zero attached hydrogens (tertiary/aromatic N) is 1. The lowest BCUT2D eigenvalue weighted by atomic mass is 9.71. The van der Waals surface area contributed by atoms with E-state index in [1.807, 2.05) is 20.8 Å². The van der Waals surface area contributed by atoms with Crippen LogP contribution in [-0.4, -0.2) is 41.8 Å². The van der Waals surface area contributed by atoms with Crippen molar-refractivity contribution in [2.24, 2.45) is 5.92 Å². The zero-order valence-corrected chi connectivity index (χ0v) is 11.4. The van der Waals surface area contributed by atoms with Crippen LogP contribution in [0.4, 0.5) is 4.79 Å². The van der Waals surface area contributed by atoms with E-state index in [2.05, 4.69) is 0 Å². The average molecular weight is 255 g/mol. The van der Waals surface area contributed by atoms with Gasteiger partial charge in [-0.05, 0) is 46.0 Å². The molecule has 1 saturated carbocycles. The number of hydrogen-bond donors (Lipinski definition) is 0. The molecular weight excluding hydrogens is 234 g/mol. The van der Waals surface area contributed by atoms with Gasteiger partial charge in [0, 0.05) is 6.04 Å². The summed E-state index contributed by atoms with van der Waals surface area (Å²) in [6.07, 6.45) is 2.25. The molecule has 3 fully saturated rings. The number of esters is 1. The van der Waals surface area contributed by atoms with Gasteiger partial charge >= 0.3 is 12.1 Å². The van der Waals surface area contributed by atoms with Gasteiger partial charge in [0.1, 0.15) is 11.6 Å². The highest BCUT2D eigenvalue weighted by Crippen LogP contribution is 2.43. The van der Waals surface area contributed by atoms with Gasteiger partial charge in [0.05, 0.1) is 7.11 Å². The standard InChI is InChI=1S/C13H21NO4/c1-13(2,3)18-12(16)14-9-5-8(6-9)7-10(14)11(15)17-4/h8-10H,5-7H2,1-4H3. The largest absolute Gasteiger partial charge is 0.467 e. The molecule has 3 rings (SSSR count). The van der Waals surface area contributed by atoms with Crippen LogP contribution in [0.5, 0.6) is 0 Å². The predicted molar refractivity (Wildman–Crippen MR) is 65.0 cm³/mol. The first-order valence-electron chi connectivity index (χ1n) is 6.41. The monoisotopic (exact) mass is 255 g/mol. The van der Waals surface area contributed by atoms with Gasteiger partial charge < -0.3 is 9.47 Å². The van der Waals surface area contributed by atoms with Crippen molar-refractivity contribution in [3.63, 3.8) is 0 Å². The van der Waals surface area contributed by atoms with Crippen LogP contribution in [0.15, 0.2) is 0 Å². The molecule has 5 heteroatoms. The Kier molecular flexibility index (Phi) is 3.25. The number of carbonyl (C=O) groups is 2. The van der Waals surface area contributed by atoms with Crippen LogP contribution in [0.3, 0.4) is 0 Å². The number of rotatable bonds is 1. The summed E-state index contributed by atoms with van der Waals surface area (Å²) < 4.78 is 10.2. The smallest absolute Gasteiger partial charge is 0.411 e. The molecule has 1 unspecified atom stereocenters. The summed E-state index contributed by atoms with van der Waals surface area (Å²) in [6.45, 7) is 5.47. The summed E-state index contributed by atoms with van der Waals surface area (Å²) in [7, 11) is 1.36. The van der Waals surface area contributed by atoms with E-state index in [-0.39, 0.29) is 12.0 Å².